The van der Waals surface area contributed by atoms with Gasteiger partial charge in [0.05, 0.1) is 0 Å². The highest BCUT2D eigenvalue weighted by Crippen LogP contribution is 2.26. The predicted octanol–water partition coefficient (Wildman–Crippen LogP) is 1.87. The Labute approximate surface area is 176 Å². The van der Waals surface area contributed by atoms with Gasteiger partial charge in [-0.25, -0.2) is 9.78 Å². The number of benzene rings is 1. The van der Waals surface area contributed by atoms with E-state index in [1.165, 1.54) is 13.1 Å². The summed E-state index contributed by atoms with van der Waals surface area (Å²) in [5.41, 5.74) is 0.789. The number of amides is 1. The smallest absolute Gasteiger partial charge is 0.354 e. The lowest BCUT2D eigenvalue weighted by atomic mass is 10.1. The zero-order valence-electron chi connectivity index (χ0n) is 16.8. The second-order valence-electron chi connectivity index (χ2n) is 6.76. The Morgan fingerprint density at radius 1 is 1.19 bits per heavy atom. The number of nitrogens with zero attached hydrogens (tertiary/aromatic N) is 5. The molecular weight excluding hydrogens is 402 g/mol. The van der Waals surface area contributed by atoms with Crippen LogP contribution in [0.15, 0.2) is 41.1 Å². The molecule has 31 heavy (non-hydrogen) atoms. The standard InChI is InChI=1S/C20H19N7O4/c1-11-24-17(26-31-11)13-4-3-12-5-6-21-18(14(12)9-13)22-7-8-23-19(28)15-10-16(20(29)30)27(2)25-15/h3-6,9-10H,7-8H2,1-2H3,(H,21,22)(H,23,28)(H,29,30). The highest BCUT2D eigenvalue weighted by Gasteiger charge is 2.16. The number of anilines is 1. The topological polar surface area (TPSA) is 148 Å². The fraction of sp³-hybridized carbons (Fsp3) is 0.200. The molecule has 0 aliphatic carbocycles. The molecule has 0 saturated carbocycles. The number of rotatable bonds is 7. The molecule has 0 aliphatic rings. The molecule has 4 rings (SSSR count). The molecule has 0 bridgehead atoms. The van der Waals surface area contributed by atoms with Crippen LogP contribution in [0.25, 0.3) is 22.2 Å². The van der Waals surface area contributed by atoms with Crippen LogP contribution in [-0.4, -0.2) is 55.0 Å². The Morgan fingerprint density at radius 2 is 2.03 bits per heavy atom. The number of carbonyl (C=O) groups excluding carboxylic acids is 1. The second kappa shape index (κ2) is 8.22. The summed E-state index contributed by atoms with van der Waals surface area (Å²) in [6.07, 6.45) is 1.70. The Hall–Kier alpha value is -4.28. The van der Waals surface area contributed by atoms with Crippen molar-refractivity contribution in [2.45, 2.75) is 6.92 Å². The number of carboxylic acid groups (broad SMARTS) is 1. The highest BCUT2D eigenvalue weighted by atomic mass is 16.5. The van der Waals surface area contributed by atoms with E-state index < -0.39 is 11.9 Å². The molecule has 0 fully saturated rings. The van der Waals surface area contributed by atoms with Crippen LogP contribution < -0.4 is 10.6 Å². The number of hydrogen-bond acceptors (Lipinski definition) is 8. The van der Waals surface area contributed by atoms with Crippen molar-refractivity contribution >= 4 is 28.5 Å². The van der Waals surface area contributed by atoms with E-state index in [2.05, 4.69) is 30.9 Å². The van der Waals surface area contributed by atoms with Crippen molar-refractivity contribution in [2.24, 2.45) is 7.05 Å². The van der Waals surface area contributed by atoms with Gasteiger partial charge in [0, 0.05) is 50.3 Å². The molecular formula is C20H19N7O4. The number of carboxylic acids is 1. The lowest BCUT2D eigenvalue weighted by Crippen LogP contribution is -2.29. The van der Waals surface area contributed by atoms with Crippen LogP contribution in [0.5, 0.6) is 0 Å². The average molecular weight is 421 g/mol. The Bertz CT molecular complexity index is 1280. The van der Waals surface area contributed by atoms with Gasteiger partial charge in [0.15, 0.2) is 5.69 Å². The van der Waals surface area contributed by atoms with Crippen molar-refractivity contribution in [2.75, 3.05) is 18.4 Å². The summed E-state index contributed by atoms with van der Waals surface area (Å²) in [5.74, 6) is 0.0368. The first-order valence-electron chi connectivity index (χ1n) is 9.41. The predicted molar refractivity (Wildman–Crippen MR) is 111 cm³/mol. The van der Waals surface area contributed by atoms with Crippen LogP contribution in [0.4, 0.5) is 5.82 Å². The van der Waals surface area contributed by atoms with E-state index in [1.54, 1.807) is 13.1 Å². The summed E-state index contributed by atoms with van der Waals surface area (Å²) in [4.78, 5) is 31.9. The molecule has 0 spiro atoms. The molecule has 0 unspecified atom stereocenters. The van der Waals surface area contributed by atoms with E-state index in [0.717, 1.165) is 21.0 Å². The molecule has 3 heterocycles. The molecule has 0 saturated heterocycles. The second-order valence-corrected chi connectivity index (χ2v) is 6.76. The molecule has 11 heteroatoms. The number of hydrogen-bond donors (Lipinski definition) is 3. The number of nitrogens with one attached hydrogen (secondary N) is 2. The largest absolute Gasteiger partial charge is 0.477 e. The summed E-state index contributed by atoms with van der Waals surface area (Å²) >= 11 is 0. The summed E-state index contributed by atoms with van der Waals surface area (Å²) < 4.78 is 6.20. The molecule has 3 aromatic heterocycles. The van der Waals surface area contributed by atoms with Gasteiger partial charge in [-0.05, 0) is 17.5 Å². The summed E-state index contributed by atoms with van der Waals surface area (Å²) in [6.45, 7) is 2.43. The van der Waals surface area contributed by atoms with Gasteiger partial charge >= 0.3 is 5.97 Å². The Balaban J connectivity index is 1.42. The summed E-state index contributed by atoms with van der Waals surface area (Å²) in [5, 5.41) is 24.7. The third-order valence-corrected chi connectivity index (χ3v) is 4.59. The van der Waals surface area contributed by atoms with Gasteiger partial charge in [-0.3, -0.25) is 9.48 Å². The van der Waals surface area contributed by atoms with Gasteiger partial charge in [-0.2, -0.15) is 10.1 Å². The van der Waals surface area contributed by atoms with E-state index in [4.69, 9.17) is 9.63 Å². The number of aromatic nitrogens is 5. The summed E-state index contributed by atoms with van der Waals surface area (Å²) in [6, 6.07) is 8.92. The first-order valence-corrected chi connectivity index (χ1v) is 9.41. The van der Waals surface area contributed by atoms with Crippen LogP contribution in [0.3, 0.4) is 0 Å². The number of pyridine rings is 1. The minimum Gasteiger partial charge on any atom is -0.477 e. The first kappa shape index (κ1) is 20.0. The zero-order valence-corrected chi connectivity index (χ0v) is 16.8. The third kappa shape index (κ3) is 4.20. The molecule has 0 aliphatic heterocycles. The van der Waals surface area contributed by atoms with E-state index in [9.17, 15) is 9.59 Å². The zero-order chi connectivity index (χ0) is 22.0. The van der Waals surface area contributed by atoms with Crippen molar-refractivity contribution in [1.29, 1.82) is 0 Å². The van der Waals surface area contributed by atoms with Crippen molar-refractivity contribution in [1.82, 2.24) is 30.2 Å². The van der Waals surface area contributed by atoms with Gasteiger partial charge < -0.3 is 20.3 Å². The molecule has 1 amide bonds. The minimum absolute atomic E-state index is 0.0447. The lowest BCUT2D eigenvalue weighted by Gasteiger charge is -2.10. The molecule has 0 radical (unpaired) electrons. The summed E-state index contributed by atoms with van der Waals surface area (Å²) in [7, 11) is 1.47. The van der Waals surface area contributed by atoms with Crippen LogP contribution in [-0.2, 0) is 7.05 Å². The number of aryl methyl sites for hydroxylation is 2. The van der Waals surface area contributed by atoms with E-state index in [0.29, 0.717) is 30.6 Å². The molecule has 0 atom stereocenters. The Kier molecular flexibility index (Phi) is 5.31. The monoisotopic (exact) mass is 421 g/mol. The van der Waals surface area contributed by atoms with Gasteiger partial charge in [-0.1, -0.05) is 17.3 Å². The molecule has 11 nitrogen and oxygen atoms in total. The Morgan fingerprint density at radius 3 is 2.74 bits per heavy atom. The fourth-order valence-electron chi connectivity index (χ4n) is 3.09. The molecule has 3 N–H and O–H groups in total. The van der Waals surface area contributed by atoms with E-state index in [1.807, 2.05) is 24.3 Å². The van der Waals surface area contributed by atoms with Gasteiger partial charge in [0.2, 0.25) is 11.7 Å². The van der Waals surface area contributed by atoms with Crippen molar-refractivity contribution in [3.8, 4) is 11.4 Å². The van der Waals surface area contributed by atoms with E-state index >= 15 is 0 Å². The number of fused-ring (bicyclic) bond motifs is 1. The maximum absolute atomic E-state index is 12.2. The molecule has 4 aromatic rings. The minimum atomic E-state index is -1.15. The fourth-order valence-corrected chi connectivity index (χ4v) is 3.09. The number of aromatic carboxylic acids is 1. The number of carbonyl (C=O) groups is 2. The van der Waals surface area contributed by atoms with Crippen molar-refractivity contribution < 1.29 is 19.2 Å². The van der Waals surface area contributed by atoms with Crippen LogP contribution in [0.1, 0.15) is 26.9 Å². The van der Waals surface area contributed by atoms with Crippen LogP contribution in [0, 0.1) is 6.92 Å². The maximum Gasteiger partial charge on any atom is 0.354 e. The highest BCUT2D eigenvalue weighted by molar-refractivity contribution is 5.96. The van der Waals surface area contributed by atoms with Gasteiger partial charge in [-0.15, -0.1) is 0 Å². The lowest BCUT2D eigenvalue weighted by molar-refractivity contribution is 0.0684. The van der Waals surface area contributed by atoms with Gasteiger partial charge in [0.1, 0.15) is 11.5 Å². The quantitative estimate of drug-likeness (QED) is 0.380. The first-order chi connectivity index (χ1) is 14.9. The van der Waals surface area contributed by atoms with Crippen LogP contribution >= 0.6 is 0 Å². The third-order valence-electron chi connectivity index (χ3n) is 4.59. The van der Waals surface area contributed by atoms with Gasteiger partial charge in [0.25, 0.3) is 5.91 Å². The maximum atomic E-state index is 12.2. The normalized spacial score (nSPS) is 10.9. The SMILES string of the molecule is Cc1nc(-c2ccc3ccnc(NCCNC(=O)c4cc(C(=O)O)n(C)n4)c3c2)no1. The van der Waals surface area contributed by atoms with Crippen molar-refractivity contribution in [3.05, 3.63) is 53.8 Å². The average Bonchev–Trinajstić information content (AvgIpc) is 3.36. The van der Waals surface area contributed by atoms with Crippen molar-refractivity contribution in [3.63, 3.8) is 0 Å². The van der Waals surface area contributed by atoms with E-state index in [-0.39, 0.29) is 11.4 Å². The molecule has 1 aromatic carbocycles. The molecule has 158 valence electrons. The van der Waals surface area contributed by atoms with Crippen LogP contribution in [0.2, 0.25) is 0 Å².